The summed E-state index contributed by atoms with van der Waals surface area (Å²) in [5, 5.41) is 0.568. The molecule has 4 nitrogen and oxygen atoms in total. The summed E-state index contributed by atoms with van der Waals surface area (Å²) in [6.45, 7) is 3.85. The molecule has 2 heterocycles. The number of fused-ring (bicyclic) bond motifs is 2. The van der Waals surface area contributed by atoms with Crippen molar-refractivity contribution < 1.29 is 17.6 Å². The van der Waals surface area contributed by atoms with Crippen LogP contribution < -0.4 is 11.1 Å². The van der Waals surface area contributed by atoms with E-state index in [4.69, 9.17) is 0 Å². The Morgan fingerprint density at radius 2 is 0.875 bits per heavy atom. The van der Waals surface area contributed by atoms with E-state index in [1.54, 1.807) is 7.12 Å². The summed E-state index contributed by atoms with van der Waals surface area (Å²) >= 11 is -0.646. The second-order valence-corrected chi connectivity index (χ2v) is 13.4. The zero-order chi connectivity index (χ0) is 28.6. The van der Waals surface area contributed by atoms with E-state index in [-0.39, 0.29) is 63.4 Å². The maximum atomic E-state index is 13.3. The predicted molar refractivity (Wildman–Crippen MR) is 151 cm³/mol. The fourth-order valence-electron chi connectivity index (χ4n) is 4.32. The van der Waals surface area contributed by atoms with Crippen molar-refractivity contribution in [2.24, 2.45) is 0 Å². The third-order valence-electron chi connectivity index (χ3n) is 6.57. The van der Waals surface area contributed by atoms with E-state index >= 15 is 0 Å². The Morgan fingerprint density at radius 1 is 0.550 bits per heavy atom. The minimum absolute atomic E-state index is 0.109. The van der Waals surface area contributed by atoms with Gasteiger partial charge in [0.15, 0.2) is 0 Å². The maximum absolute atomic E-state index is 13.3. The van der Waals surface area contributed by atoms with Crippen LogP contribution in [0.2, 0.25) is 0 Å². The van der Waals surface area contributed by atoms with Crippen molar-refractivity contribution in [3.8, 4) is 0 Å². The fraction of sp³-hybridized carbons (Fsp3) is 0.133. The van der Waals surface area contributed by atoms with Gasteiger partial charge >= 0.3 is 239 Å². The molecule has 0 N–H and O–H groups in total. The fourth-order valence-corrected chi connectivity index (χ4v) is 8.82. The van der Waals surface area contributed by atoms with Crippen LogP contribution in [0.4, 0.5) is 17.6 Å². The summed E-state index contributed by atoms with van der Waals surface area (Å²) < 4.78 is 57.6. The molecule has 204 valence electrons. The van der Waals surface area contributed by atoms with Gasteiger partial charge in [-0.15, -0.1) is 0 Å². The van der Waals surface area contributed by atoms with Crippen molar-refractivity contribution in [1.29, 1.82) is 0 Å². The molecule has 0 saturated carbocycles. The molecule has 0 bridgehead atoms. The van der Waals surface area contributed by atoms with Crippen LogP contribution in [0.25, 0.3) is 19.3 Å². The van der Waals surface area contributed by atoms with Gasteiger partial charge < -0.3 is 0 Å². The SMILES string of the molecule is C[C@H](c1ccccc1)n1[se]c2cc(F)c(F)cc2c1=O.C[C@H](c1ccccc1)n1[se]c2cc(F)c(F)cc2c1=O. The van der Waals surface area contributed by atoms with Crippen molar-refractivity contribution in [3.63, 3.8) is 0 Å². The molecule has 0 saturated heterocycles. The first kappa shape index (κ1) is 28.1. The van der Waals surface area contributed by atoms with Crippen LogP contribution in [-0.2, 0) is 0 Å². The number of hydrogen-bond donors (Lipinski definition) is 0. The number of benzene rings is 4. The van der Waals surface area contributed by atoms with Gasteiger partial charge in [0.25, 0.3) is 0 Å². The van der Waals surface area contributed by atoms with Gasteiger partial charge in [-0.1, -0.05) is 0 Å². The quantitative estimate of drug-likeness (QED) is 0.173. The molecule has 6 rings (SSSR count). The monoisotopic (exact) mass is 678 g/mol. The van der Waals surface area contributed by atoms with Gasteiger partial charge in [-0.25, -0.2) is 0 Å². The molecule has 10 heteroatoms. The van der Waals surface area contributed by atoms with E-state index in [0.29, 0.717) is 8.52 Å². The zero-order valence-corrected chi connectivity index (χ0v) is 24.7. The molecule has 2 aromatic heterocycles. The van der Waals surface area contributed by atoms with Crippen LogP contribution in [0.15, 0.2) is 94.5 Å². The van der Waals surface area contributed by atoms with E-state index in [2.05, 4.69) is 0 Å². The first-order chi connectivity index (χ1) is 19.2. The number of nitrogens with zero attached hydrogens (tertiary/aromatic N) is 2. The van der Waals surface area contributed by atoms with E-state index in [1.807, 2.05) is 74.5 Å². The molecule has 0 amide bonds. The van der Waals surface area contributed by atoms with Gasteiger partial charge in [-0.05, 0) is 0 Å². The van der Waals surface area contributed by atoms with Crippen LogP contribution in [0.3, 0.4) is 0 Å². The Balaban J connectivity index is 0.000000161. The first-order valence-electron chi connectivity index (χ1n) is 12.3. The molecular formula is C30H22F4N2O2Se2. The summed E-state index contributed by atoms with van der Waals surface area (Å²) in [5.41, 5.74) is 1.57. The van der Waals surface area contributed by atoms with Crippen LogP contribution in [-0.4, -0.2) is 36.6 Å². The molecule has 0 aliphatic heterocycles. The second kappa shape index (κ2) is 11.6. The van der Waals surface area contributed by atoms with E-state index in [0.717, 1.165) is 35.4 Å². The van der Waals surface area contributed by atoms with Gasteiger partial charge in [0.05, 0.1) is 0 Å². The molecule has 0 spiro atoms. The topological polar surface area (TPSA) is 44.0 Å². The molecule has 4 aromatic carbocycles. The van der Waals surface area contributed by atoms with Crippen LogP contribution >= 0.6 is 0 Å². The van der Waals surface area contributed by atoms with Crippen molar-refractivity contribution in [2.75, 3.05) is 0 Å². The molecule has 40 heavy (non-hydrogen) atoms. The van der Waals surface area contributed by atoms with Crippen LogP contribution in [0, 0.1) is 23.3 Å². The van der Waals surface area contributed by atoms with E-state index in [9.17, 15) is 27.2 Å². The van der Waals surface area contributed by atoms with Gasteiger partial charge in [0.2, 0.25) is 0 Å². The standard InChI is InChI=1S/2C15H11F2NOSe/c2*1-9(10-5-3-2-4-6-10)18-15(19)11-7-12(16)13(17)8-14(11)20-18/h2*2-9H,1H3/t2*9-/m11/s1. The van der Waals surface area contributed by atoms with Gasteiger partial charge in [0.1, 0.15) is 0 Å². The summed E-state index contributed by atoms with van der Waals surface area (Å²) in [4.78, 5) is 24.7. The molecule has 2 atom stereocenters. The number of aromatic nitrogens is 2. The number of rotatable bonds is 4. The Bertz CT molecular complexity index is 1790. The Morgan fingerprint density at radius 3 is 1.23 bits per heavy atom. The Labute approximate surface area is 238 Å². The third-order valence-corrected chi connectivity index (χ3v) is 11.7. The first-order valence-corrected chi connectivity index (χ1v) is 15.5. The van der Waals surface area contributed by atoms with Crippen molar-refractivity contribution in [1.82, 2.24) is 7.12 Å². The van der Waals surface area contributed by atoms with Crippen molar-refractivity contribution >= 4 is 48.8 Å². The normalized spacial score (nSPS) is 12.8. The average Bonchev–Trinajstić information content (AvgIpc) is 3.45. The summed E-state index contributed by atoms with van der Waals surface area (Å²) in [6, 6.07) is 23.3. The summed E-state index contributed by atoms with van der Waals surface area (Å²) in [6.07, 6.45) is 0. The third kappa shape index (κ3) is 5.45. The van der Waals surface area contributed by atoms with E-state index in [1.165, 1.54) is 0 Å². The number of hydrogen-bond acceptors (Lipinski definition) is 2. The summed E-state index contributed by atoms with van der Waals surface area (Å²) in [7, 11) is 0. The summed E-state index contributed by atoms with van der Waals surface area (Å²) in [5.74, 6) is -3.73. The van der Waals surface area contributed by atoms with Crippen LogP contribution in [0.5, 0.6) is 0 Å². The molecular weight excluding hydrogens is 654 g/mol. The predicted octanol–water partition coefficient (Wildman–Crippen LogP) is 5.89. The van der Waals surface area contributed by atoms with Gasteiger partial charge in [-0.3, -0.25) is 0 Å². The van der Waals surface area contributed by atoms with Gasteiger partial charge in [-0.2, -0.15) is 0 Å². The Hall–Kier alpha value is -3.42. The molecule has 0 aliphatic rings. The zero-order valence-electron chi connectivity index (χ0n) is 21.3. The Kier molecular flexibility index (Phi) is 8.15. The average molecular weight is 676 g/mol. The molecule has 0 unspecified atom stereocenters. The molecule has 6 aromatic rings. The van der Waals surface area contributed by atoms with Crippen molar-refractivity contribution in [2.45, 2.75) is 25.9 Å². The minimum atomic E-state index is -0.970. The number of halogens is 4. The second-order valence-electron chi connectivity index (χ2n) is 9.14. The molecule has 0 fully saturated rings. The van der Waals surface area contributed by atoms with Gasteiger partial charge in [0, 0.05) is 0 Å². The van der Waals surface area contributed by atoms with Crippen LogP contribution in [0.1, 0.15) is 37.1 Å². The van der Waals surface area contributed by atoms with Crippen molar-refractivity contribution in [3.05, 3.63) is 140 Å². The van der Waals surface area contributed by atoms with E-state index < -0.39 is 23.3 Å². The molecule has 0 radical (unpaired) electrons. The molecule has 0 aliphatic carbocycles.